The number of carbonyl (C=O) groups excluding carboxylic acids is 2. The third-order valence-corrected chi connectivity index (χ3v) is 3.35. The summed E-state index contributed by atoms with van der Waals surface area (Å²) in [4.78, 5) is 23.4. The van der Waals surface area contributed by atoms with Crippen molar-refractivity contribution in [2.75, 3.05) is 13.2 Å². The van der Waals surface area contributed by atoms with Gasteiger partial charge in [-0.05, 0) is 50.2 Å². The Labute approximate surface area is 151 Å². The van der Waals surface area contributed by atoms with Gasteiger partial charge in [-0.3, -0.25) is 4.79 Å². The van der Waals surface area contributed by atoms with Crippen LogP contribution in [0.1, 0.15) is 29.8 Å². The molecule has 1 amide bonds. The van der Waals surface area contributed by atoms with Crippen LogP contribution in [0.3, 0.4) is 0 Å². The van der Waals surface area contributed by atoms with Gasteiger partial charge in [0.05, 0.1) is 17.9 Å². The third kappa shape index (κ3) is 5.62. The topological polar surface area (TPSA) is 97.2 Å². The molecule has 26 heavy (non-hydrogen) atoms. The lowest BCUT2D eigenvalue weighted by atomic mass is 10.1. The number of phenols is 1. The van der Waals surface area contributed by atoms with Crippen LogP contribution in [-0.2, 0) is 9.53 Å². The number of hydrogen-bond donors (Lipinski definition) is 2. The minimum absolute atomic E-state index is 0.123. The highest BCUT2D eigenvalue weighted by atomic mass is 16.5. The van der Waals surface area contributed by atoms with Crippen LogP contribution >= 0.6 is 0 Å². The predicted molar refractivity (Wildman–Crippen MR) is 96.4 cm³/mol. The number of benzene rings is 2. The Morgan fingerprint density at radius 3 is 2.50 bits per heavy atom. The van der Waals surface area contributed by atoms with E-state index in [-0.39, 0.29) is 12.4 Å². The molecule has 2 aromatic rings. The van der Waals surface area contributed by atoms with Gasteiger partial charge in [0.1, 0.15) is 11.5 Å². The van der Waals surface area contributed by atoms with Gasteiger partial charge in [0.25, 0.3) is 5.91 Å². The lowest BCUT2D eigenvalue weighted by molar-refractivity contribution is -0.123. The zero-order valence-electron chi connectivity index (χ0n) is 14.6. The molecule has 136 valence electrons. The molecule has 0 heterocycles. The van der Waals surface area contributed by atoms with Gasteiger partial charge in [0, 0.05) is 5.56 Å². The maximum atomic E-state index is 11.8. The number of esters is 1. The molecule has 0 aliphatic rings. The van der Waals surface area contributed by atoms with Gasteiger partial charge < -0.3 is 14.6 Å². The maximum Gasteiger partial charge on any atom is 0.338 e. The van der Waals surface area contributed by atoms with E-state index in [1.807, 2.05) is 0 Å². The molecule has 0 fully saturated rings. The smallest absolute Gasteiger partial charge is 0.338 e. The number of amides is 1. The summed E-state index contributed by atoms with van der Waals surface area (Å²) in [5.41, 5.74) is 4.04. The number of aromatic hydroxyl groups is 1. The van der Waals surface area contributed by atoms with E-state index in [4.69, 9.17) is 9.47 Å². The van der Waals surface area contributed by atoms with Gasteiger partial charge in [-0.15, -0.1) is 0 Å². The molecule has 0 bridgehead atoms. The molecule has 2 N–H and O–H groups in total. The fraction of sp³-hybridized carbons (Fsp3) is 0.211. The minimum Gasteiger partial charge on any atom is -0.508 e. The van der Waals surface area contributed by atoms with Crippen molar-refractivity contribution in [3.63, 3.8) is 0 Å². The molecule has 0 aromatic heterocycles. The lowest BCUT2D eigenvalue weighted by Crippen LogP contribution is -2.25. The highest BCUT2D eigenvalue weighted by Crippen LogP contribution is 2.13. The van der Waals surface area contributed by atoms with E-state index in [2.05, 4.69) is 10.5 Å². The summed E-state index contributed by atoms with van der Waals surface area (Å²) in [7, 11) is 0. The molecule has 0 aliphatic heterocycles. The fourth-order valence-electron chi connectivity index (χ4n) is 2.02. The fourth-order valence-corrected chi connectivity index (χ4v) is 2.02. The molecule has 0 saturated heterocycles. The number of hydrazone groups is 1. The molecule has 0 atom stereocenters. The van der Waals surface area contributed by atoms with E-state index in [0.717, 1.165) is 0 Å². The van der Waals surface area contributed by atoms with Crippen molar-refractivity contribution in [1.29, 1.82) is 0 Å². The Morgan fingerprint density at radius 1 is 1.12 bits per heavy atom. The molecule has 0 spiro atoms. The lowest BCUT2D eigenvalue weighted by Gasteiger charge is -2.07. The minimum atomic E-state index is -0.432. The first-order valence-corrected chi connectivity index (χ1v) is 8.02. The van der Waals surface area contributed by atoms with Crippen molar-refractivity contribution in [2.24, 2.45) is 5.10 Å². The summed E-state index contributed by atoms with van der Waals surface area (Å²) in [6, 6.07) is 12.9. The van der Waals surface area contributed by atoms with E-state index < -0.39 is 11.9 Å². The summed E-state index contributed by atoms with van der Waals surface area (Å²) in [6.45, 7) is 3.53. The van der Waals surface area contributed by atoms with E-state index in [1.54, 1.807) is 62.4 Å². The van der Waals surface area contributed by atoms with Crippen molar-refractivity contribution in [3.05, 3.63) is 59.7 Å². The number of nitrogens with one attached hydrogen (secondary N) is 1. The average Bonchev–Trinajstić information content (AvgIpc) is 2.65. The summed E-state index contributed by atoms with van der Waals surface area (Å²) in [6.07, 6.45) is 0. The summed E-state index contributed by atoms with van der Waals surface area (Å²) in [5, 5.41) is 13.4. The van der Waals surface area contributed by atoms with E-state index >= 15 is 0 Å². The highest BCUT2D eigenvalue weighted by Gasteiger charge is 2.07. The Hall–Kier alpha value is -3.35. The van der Waals surface area contributed by atoms with Crippen LogP contribution in [0.15, 0.2) is 53.6 Å². The Balaban J connectivity index is 1.85. The first kappa shape index (κ1) is 19.0. The van der Waals surface area contributed by atoms with Crippen molar-refractivity contribution < 1.29 is 24.2 Å². The van der Waals surface area contributed by atoms with Gasteiger partial charge in [-0.1, -0.05) is 12.1 Å². The number of hydrogen-bond acceptors (Lipinski definition) is 6. The molecule has 7 heteroatoms. The molecule has 2 rings (SSSR count). The van der Waals surface area contributed by atoms with Gasteiger partial charge in [-0.2, -0.15) is 5.10 Å². The van der Waals surface area contributed by atoms with Gasteiger partial charge in [-0.25, -0.2) is 10.2 Å². The second-order valence-electron chi connectivity index (χ2n) is 5.32. The summed E-state index contributed by atoms with van der Waals surface area (Å²) in [5.74, 6) is -0.271. The number of phenolic OH excluding ortho intramolecular Hbond substituents is 1. The highest BCUT2D eigenvalue weighted by molar-refractivity contribution is 5.99. The quantitative estimate of drug-likeness (QED) is 0.451. The van der Waals surface area contributed by atoms with Crippen molar-refractivity contribution in [3.8, 4) is 11.5 Å². The Kier molecular flexibility index (Phi) is 6.73. The number of rotatable bonds is 7. The zero-order valence-corrected chi connectivity index (χ0v) is 14.6. The van der Waals surface area contributed by atoms with Crippen LogP contribution in [0.2, 0.25) is 0 Å². The standard InChI is InChI=1S/C19H20N2O5/c1-3-25-19(24)14-7-9-17(10-8-14)26-12-18(23)21-20-13(2)15-5-4-6-16(22)11-15/h4-11,22H,3,12H2,1-2H3,(H,21,23)/b20-13-. The molecule has 0 unspecified atom stereocenters. The van der Waals surface area contributed by atoms with E-state index in [9.17, 15) is 14.7 Å². The number of nitrogens with zero attached hydrogens (tertiary/aromatic N) is 1. The van der Waals surface area contributed by atoms with Gasteiger partial charge in [0.15, 0.2) is 6.61 Å². The van der Waals surface area contributed by atoms with Crippen molar-refractivity contribution in [2.45, 2.75) is 13.8 Å². The maximum absolute atomic E-state index is 11.8. The van der Waals surface area contributed by atoms with Crippen LogP contribution in [0.25, 0.3) is 0 Å². The van der Waals surface area contributed by atoms with Gasteiger partial charge in [0.2, 0.25) is 0 Å². The second-order valence-corrected chi connectivity index (χ2v) is 5.32. The molecule has 7 nitrogen and oxygen atoms in total. The Morgan fingerprint density at radius 2 is 1.85 bits per heavy atom. The summed E-state index contributed by atoms with van der Waals surface area (Å²) < 4.78 is 10.2. The number of carbonyl (C=O) groups is 2. The zero-order chi connectivity index (χ0) is 18.9. The molecule has 0 saturated carbocycles. The van der Waals surface area contributed by atoms with Crippen LogP contribution < -0.4 is 10.2 Å². The molecular formula is C19H20N2O5. The van der Waals surface area contributed by atoms with Crippen LogP contribution in [0.4, 0.5) is 0 Å². The van der Waals surface area contributed by atoms with Crippen molar-refractivity contribution in [1.82, 2.24) is 5.43 Å². The molecule has 0 aliphatic carbocycles. The first-order chi connectivity index (χ1) is 12.5. The molecule has 2 aromatic carbocycles. The van der Waals surface area contributed by atoms with Gasteiger partial charge >= 0.3 is 5.97 Å². The summed E-state index contributed by atoms with van der Waals surface area (Å²) >= 11 is 0. The normalized spacial score (nSPS) is 10.9. The van der Waals surface area contributed by atoms with Crippen LogP contribution in [0.5, 0.6) is 11.5 Å². The largest absolute Gasteiger partial charge is 0.508 e. The first-order valence-electron chi connectivity index (χ1n) is 8.02. The van der Waals surface area contributed by atoms with Crippen LogP contribution in [0, 0.1) is 0 Å². The third-order valence-electron chi connectivity index (χ3n) is 3.35. The number of ether oxygens (including phenoxy) is 2. The van der Waals surface area contributed by atoms with Crippen LogP contribution in [-0.4, -0.2) is 35.9 Å². The molecular weight excluding hydrogens is 336 g/mol. The Bertz CT molecular complexity index is 800. The van der Waals surface area contributed by atoms with Crippen molar-refractivity contribution >= 4 is 17.6 Å². The van der Waals surface area contributed by atoms with E-state index in [1.165, 1.54) is 0 Å². The monoisotopic (exact) mass is 356 g/mol. The predicted octanol–water partition coefficient (Wildman–Crippen LogP) is 2.49. The SMILES string of the molecule is CCOC(=O)c1ccc(OCC(=O)N/N=C(/C)c2cccc(O)c2)cc1. The van der Waals surface area contributed by atoms with E-state index in [0.29, 0.717) is 29.2 Å². The molecule has 0 radical (unpaired) electrons. The average molecular weight is 356 g/mol. The second kappa shape index (κ2) is 9.22.